The van der Waals surface area contributed by atoms with Gasteiger partial charge in [-0.05, 0) is 35.6 Å². The number of hydrogen-bond acceptors (Lipinski definition) is 2. The number of rotatable bonds is 9. The zero-order valence-corrected chi connectivity index (χ0v) is 14.0. The fourth-order valence-corrected chi connectivity index (χ4v) is 3.31. The zero-order valence-electron chi connectivity index (χ0n) is 14.0. The van der Waals surface area contributed by atoms with Crippen molar-refractivity contribution in [1.29, 1.82) is 0 Å². The molecule has 0 fully saturated rings. The van der Waals surface area contributed by atoms with Crippen LogP contribution in [0.15, 0.2) is 18.2 Å². The van der Waals surface area contributed by atoms with Gasteiger partial charge >= 0.3 is 0 Å². The van der Waals surface area contributed by atoms with Crippen LogP contribution in [0.3, 0.4) is 0 Å². The Labute approximate surface area is 130 Å². The largest absolute Gasteiger partial charge is 0.372 e. The molecule has 2 nitrogen and oxygen atoms in total. The molecule has 0 saturated carbocycles. The van der Waals surface area contributed by atoms with Crippen molar-refractivity contribution < 1.29 is 4.74 Å². The van der Waals surface area contributed by atoms with Gasteiger partial charge in [0.1, 0.15) is 0 Å². The van der Waals surface area contributed by atoms with E-state index in [1.54, 1.807) is 0 Å². The predicted octanol–water partition coefficient (Wildman–Crippen LogP) is 4.97. The van der Waals surface area contributed by atoms with E-state index in [1.165, 1.54) is 48.8 Å². The Hall–Kier alpha value is -0.860. The Morgan fingerprint density at radius 2 is 1.95 bits per heavy atom. The molecular formula is C19H31NO. The maximum absolute atomic E-state index is 5.54. The lowest BCUT2D eigenvalue weighted by atomic mass is 9.88. The van der Waals surface area contributed by atoms with Crippen LogP contribution in [0.25, 0.3) is 0 Å². The fourth-order valence-electron chi connectivity index (χ4n) is 3.31. The van der Waals surface area contributed by atoms with Crippen LogP contribution in [0.4, 0.5) is 0 Å². The summed E-state index contributed by atoms with van der Waals surface area (Å²) in [5.74, 6) is 0.832. The van der Waals surface area contributed by atoms with Crippen LogP contribution in [0.2, 0.25) is 0 Å². The topological polar surface area (TPSA) is 21.3 Å². The normalized spacial score (nSPS) is 16.7. The molecule has 1 aliphatic rings. The molecule has 2 heteroatoms. The first-order chi connectivity index (χ1) is 10.3. The van der Waals surface area contributed by atoms with Crippen LogP contribution in [0, 0.1) is 5.92 Å². The molecule has 0 bridgehead atoms. The standard InChI is InChI=1S/C19H31NO/c1-4-7-8-15(5-2)11-19(20-6-3)16-9-10-17-13-21-14-18(17)12-16/h9-10,12,15,19-20H,4-8,11,13-14H2,1-3H3. The first kappa shape index (κ1) is 16.5. The molecule has 2 rings (SSSR count). The van der Waals surface area contributed by atoms with Gasteiger partial charge in [0, 0.05) is 6.04 Å². The third-order valence-electron chi connectivity index (χ3n) is 4.71. The maximum Gasteiger partial charge on any atom is 0.0725 e. The number of benzene rings is 1. The highest BCUT2D eigenvalue weighted by Gasteiger charge is 2.19. The highest BCUT2D eigenvalue weighted by molar-refractivity contribution is 5.34. The van der Waals surface area contributed by atoms with Gasteiger partial charge in [-0.3, -0.25) is 0 Å². The van der Waals surface area contributed by atoms with E-state index < -0.39 is 0 Å². The van der Waals surface area contributed by atoms with Gasteiger partial charge in [0.2, 0.25) is 0 Å². The van der Waals surface area contributed by atoms with E-state index in [0.29, 0.717) is 6.04 Å². The van der Waals surface area contributed by atoms with Crippen LogP contribution in [-0.4, -0.2) is 6.54 Å². The first-order valence-corrected chi connectivity index (χ1v) is 8.71. The third kappa shape index (κ3) is 4.55. The molecule has 2 unspecified atom stereocenters. The number of ether oxygens (including phenoxy) is 1. The van der Waals surface area contributed by atoms with E-state index in [2.05, 4.69) is 44.3 Å². The van der Waals surface area contributed by atoms with Gasteiger partial charge < -0.3 is 10.1 Å². The van der Waals surface area contributed by atoms with Crippen molar-refractivity contribution >= 4 is 0 Å². The Balaban J connectivity index is 2.06. The van der Waals surface area contributed by atoms with E-state index >= 15 is 0 Å². The second-order valence-corrected chi connectivity index (χ2v) is 6.28. The molecule has 0 spiro atoms. The van der Waals surface area contributed by atoms with E-state index in [4.69, 9.17) is 4.74 Å². The van der Waals surface area contributed by atoms with E-state index in [-0.39, 0.29) is 0 Å². The average molecular weight is 289 g/mol. The van der Waals surface area contributed by atoms with Gasteiger partial charge in [-0.15, -0.1) is 0 Å². The van der Waals surface area contributed by atoms with E-state index in [1.807, 2.05) is 0 Å². The molecule has 0 aromatic heterocycles. The summed E-state index contributed by atoms with van der Waals surface area (Å²) >= 11 is 0. The van der Waals surface area contributed by atoms with Crippen LogP contribution in [0.5, 0.6) is 0 Å². The Bertz CT molecular complexity index is 430. The minimum absolute atomic E-state index is 0.489. The molecule has 0 aliphatic carbocycles. The van der Waals surface area contributed by atoms with Gasteiger partial charge in [0.25, 0.3) is 0 Å². The van der Waals surface area contributed by atoms with Crippen molar-refractivity contribution in [3.8, 4) is 0 Å². The summed E-state index contributed by atoms with van der Waals surface area (Å²) in [7, 11) is 0. The molecule has 1 N–H and O–H groups in total. The van der Waals surface area contributed by atoms with Crippen molar-refractivity contribution in [3.05, 3.63) is 34.9 Å². The lowest BCUT2D eigenvalue weighted by Crippen LogP contribution is -2.23. The van der Waals surface area contributed by atoms with Crippen LogP contribution in [0.1, 0.15) is 75.6 Å². The van der Waals surface area contributed by atoms with Gasteiger partial charge in [-0.1, -0.05) is 64.7 Å². The Kier molecular flexibility index (Phi) is 6.72. The molecule has 1 heterocycles. The monoisotopic (exact) mass is 289 g/mol. The minimum Gasteiger partial charge on any atom is -0.372 e. The van der Waals surface area contributed by atoms with Crippen molar-refractivity contribution in [3.63, 3.8) is 0 Å². The molecule has 118 valence electrons. The van der Waals surface area contributed by atoms with Gasteiger partial charge in [-0.2, -0.15) is 0 Å². The summed E-state index contributed by atoms with van der Waals surface area (Å²) in [6, 6.07) is 7.41. The molecule has 0 amide bonds. The van der Waals surface area contributed by atoms with Crippen molar-refractivity contribution in [2.75, 3.05) is 6.54 Å². The second kappa shape index (κ2) is 8.55. The Morgan fingerprint density at radius 1 is 1.14 bits per heavy atom. The summed E-state index contributed by atoms with van der Waals surface area (Å²) in [5.41, 5.74) is 4.19. The summed E-state index contributed by atoms with van der Waals surface area (Å²) in [5, 5.41) is 3.69. The molecule has 0 saturated heterocycles. The minimum atomic E-state index is 0.489. The van der Waals surface area contributed by atoms with Crippen molar-refractivity contribution in [2.45, 2.75) is 72.1 Å². The summed E-state index contributed by atoms with van der Waals surface area (Å²) in [4.78, 5) is 0. The second-order valence-electron chi connectivity index (χ2n) is 6.28. The summed E-state index contributed by atoms with van der Waals surface area (Å²) in [6.07, 6.45) is 6.57. The predicted molar refractivity (Wildman–Crippen MR) is 89.3 cm³/mol. The lowest BCUT2D eigenvalue weighted by Gasteiger charge is -2.24. The molecule has 21 heavy (non-hydrogen) atoms. The highest BCUT2D eigenvalue weighted by atomic mass is 16.5. The quantitative estimate of drug-likeness (QED) is 0.692. The van der Waals surface area contributed by atoms with Gasteiger partial charge in [0.05, 0.1) is 13.2 Å². The zero-order chi connectivity index (χ0) is 15.1. The van der Waals surface area contributed by atoms with Crippen LogP contribution >= 0.6 is 0 Å². The molecule has 0 radical (unpaired) electrons. The third-order valence-corrected chi connectivity index (χ3v) is 4.71. The molecular weight excluding hydrogens is 258 g/mol. The fraction of sp³-hybridized carbons (Fsp3) is 0.684. The number of hydrogen-bond donors (Lipinski definition) is 1. The van der Waals surface area contributed by atoms with E-state index in [0.717, 1.165) is 25.7 Å². The molecule has 1 aromatic rings. The van der Waals surface area contributed by atoms with E-state index in [9.17, 15) is 0 Å². The molecule has 1 aromatic carbocycles. The Morgan fingerprint density at radius 3 is 2.67 bits per heavy atom. The van der Waals surface area contributed by atoms with Crippen LogP contribution in [-0.2, 0) is 18.0 Å². The summed E-state index contributed by atoms with van der Waals surface area (Å²) in [6.45, 7) is 9.43. The van der Waals surface area contributed by atoms with Gasteiger partial charge in [-0.25, -0.2) is 0 Å². The highest BCUT2D eigenvalue weighted by Crippen LogP contribution is 2.29. The smallest absolute Gasteiger partial charge is 0.0725 e. The average Bonchev–Trinajstić information content (AvgIpc) is 2.97. The van der Waals surface area contributed by atoms with Crippen LogP contribution < -0.4 is 5.32 Å². The number of fused-ring (bicyclic) bond motifs is 1. The van der Waals surface area contributed by atoms with Gasteiger partial charge in [0.15, 0.2) is 0 Å². The van der Waals surface area contributed by atoms with Crippen molar-refractivity contribution in [1.82, 2.24) is 5.32 Å². The SMILES string of the molecule is CCCCC(CC)CC(NCC)c1ccc2c(c1)COC2. The van der Waals surface area contributed by atoms with Crippen molar-refractivity contribution in [2.24, 2.45) is 5.92 Å². The lowest BCUT2D eigenvalue weighted by molar-refractivity contribution is 0.134. The summed E-state index contributed by atoms with van der Waals surface area (Å²) < 4.78 is 5.54. The molecule has 1 aliphatic heterocycles. The maximum atomic E-state index is 5.54. The number of unbranched alkanes of at least 4 members (excludes halogenated alkanes) is 1. The first-order valence-electron chi connectivity index (χ1n) is 8.71. The number of nitrogens with one attached hydrogen (secondary N) is 1. The molecule has 2 atom stereocenters.